The lowest BCUT2D eigenvalue weighted by Gasteiger charge is -2.38. The number of rotatable bonds is 5. The highest BCUT2D eigenvalue weighted by atomic mass is 32.1. The smallest absolute Gasteiger partial charge is 0.223 e. The van der Waals surface area contributed by atoms with Crippen molar-refractivity contribution in [3.63, 3.8) is 0 Å². The van der Waals surface area contributed by atoms with Crippen molar-refractivity contribution in [2.75, 3.05) is 30.4 Å². The van der Waals surface area contributed by atoms with Gasteiger partial charge in [0.1, 0.15) is 0 Å². The van der Waals surface area contributed by atoms with E-state index < -0.39 is 0 Å². The van der Waals surface area contributed by atoms with Gasteiger partial charge in [0, 0.05) is 43.7 Å². The molecule has 0 saturated carbocycles. The highest BCUT2D eigenvalue weighted by Gasteiger charge is 2.23. The Morgan fingerprint density at radius 1 is 1.42 bits per heavy atom. The van der Waals surface area contributed by atoms with Crippen molar-refractivity contribution < 1.29 is 4.79 Å². The lowest BCUT2D eigenvalue weighted by Crippen LogP contribution is -2.46. The zero-order valence-electron chi connectivity index (χ0n) is 14.2. The van der Waals surface area contributed by atoms with Crippen molar-refractivity contribution in [1.29, 1.82) is 0 Å². The first-order valence-corrected chi connectivity index (χ1v) is 9.22. The van der Waals surface area contributed by atoms with Gasteiger partial charge >= 0.3 is 0 Å². The van der Waals surface area contributed by atoms with Gasteiger partial charge in [-0.05, 0) is 32.0 Å². The van der Waals surface area contributed by atoms with Gasteiger partial charge in [-0.25, -0.2) is 4.98 Å². The molecule has 1 aliphatic rings. The number of para-hydroxylation sites is 1. The summed E-state index contributed by atoms with van der Waals surface area (Å²) in [4.78, 5) is 20.4. The maximum atomic E-state index is 11.1. The highest BCUT2D eigenvalue weighted by Crippen LogP contribution is 2.23. The second-order valence-corrected chi connectivity index (χ2v) is 7.18. The van der Waals surface area contributed by atoms with Crippen molar-refractivity contribution in [2.24, 2.45) is 0 Å². The average molecular weight is 344 g/mol. The Morgan fingerprint density at radius 3 is 2.96 bits per heavy atom. The van der Waals surface area contributed by atoms with Crippen LogP contribution in [-0.4, -0.2) is 42.0 Å². The minimum Gasteiger partial charge on any atom is -0.370 e. The molecule has 1 atom stereocenters. The number of amides is 1. The van der Waals surface area contributed by atoms with Gasteiger partial charge in [-0.2, -0.15) is 0 Å². The number of nitrogens with one attached hydrogen (secondary N) is 1. The molecule has 1 aromatic heterocycles. The van der Waals surface area contributed by atoms with Crippen molar-refractivity contribution in [3.05, 3.63) is 41.4 Å². The van der Waals surface area contributed by atoms with E-state index in [2.05, 4.69) is 57.5 Å². The molecule has 1 N–H and O–H groups in total. The van der Waals surface area contributed by atoms with E-state index in [0.29, 0.717) is 11.2 Å². The molecule has 24 heavy (non-hydrogen) atoms. The predicted octanol–water partition coefficient (Wildman–Crippen LogP) is 3.20. The lowest BCUT2D eigenvalue weighted by atomic mass is 10.0. The van der Waals surface area contributed by atoms with Crippen molar-refractivity contribution >= 4 is 28.1 Å². The molecule has 1 fully saturated rings. The van der Waals surface area contributed by atoms with E-state index in [1.807, 2.05) is 5.38 Å². The summed E-state index contributed by atoms with van der Waals surface area (Å²) in [5, 5.41) is 5.46. The van der Waals surface area contributed by atoms with E-state index in [1.54, 1.807) is 0 Å². The van der Waals surface area contributed by atoms with Crippen molar-refractivity contribution in [1.82, 2.24) is 9.88 Å². The number of hydrogen-bond acceptors (Lipinski definition) is 5. The fourth-order valence-corrected chi connectivity index (χ4v) is 3.91. The minimum atomic E-state index is -0.0740. The van der Waals surface area contributed by atoms with E-state index in [4.69, 9.17) is 0 Å². The molecule has 3 rings (SSSR count). The largest absolute Gasteiger partial charge is 0.370 e. The number of anilines is 2. The molecule has 0 spiro atoms. The summed E-state index contributed by atoms with van der Waals surface area (Å²) in [6.07, 6.45) is 2.42. The van der Waals surface area contributed by atoms with Gasteiger partial charge < -0.3 is 10.2 Å². The third kappa shape index (κ3) is 4.33. The second-order valence-electron chi connectivity index (χ2n) is 6.32. The predicted molar refractivity (Wildman–Crippen MR) is 99.6 cm³/mol. The zero-order valence-corrected chi connectivity index (χ0v) is 15.1. The monoisotopic (exact) mass is 344 g/mol. The summed E-state index contributed by atoms with van der Waals surface area (Å²) >= 11 is 1.48. The summed E-state index contributed by atoms with van der Waals surface area (Å²) < 4.78 is 0. The summed E-state index contributed by atoms with van der Waals surface area (Å²) in [5.41, 5.74) is 2.32. The maximum absolute atomic E-state index is 11.1. The van der Waals surface area contributed by atoms with Gasteiger partial charge in [0.2, 0.25) is 5.91 Å². The van der Waals surface area contributed by atoms with Crippen LogP contribution in [0.25, 0.3) is 0 Å². The number of likely N-dealkylation sites (N-methyl/N-ethyl adjacent to an activating group) is 1. The number of benzene rings is 1. The molecule has 1 aliphatic heterocycles. The van der Waals surface area contributed by atoms with Crippen LogP contribution in [0.2, 0.25) is 0 Å². The molecule has 1 amide bonds. The number of carbonyl (C=O) groups excluding carboxylic acids is 1. The Morgan fingerprint density at radius 2 is 2.21 bits per heavy atom. The first-order valence-electron chi connectivity index (χ1n) is 8.34. The van der Waals surface area contributed by atoms with Gasteiger partial charge in [0.05, 0.1) is 5.69 Å². The third-order valence-corrected chi connectivity index (χ3v) is 5.19. The molecule has 2 aromatic rings. The van der Waals surface area contributed by atoms with E-state index >= 15 is 0 Å². The van der Waals surface area contributed by atoms with Gasteiger partial charge in [-0.15, -0.1) is 11.3 Å². The summed E-state index contributed by atoms with van der Waals surface area (Å²) in [7, 11) is 2.16. The number of carbonyl (C=O) groups is 1. The minimum absolute atomic E-state index is 0.0740. The van der Waals surface area contributed by atoms with Crippen LogP contribution in [0, 0.1) is 0 Å². The highest BCUT2D eigenvalue weighted by molar-refractivity contribution is 7.13. The Labute approximate surface area is 147 Å². The molecule has 5 nitrogen and oxygen atoms in total. The molecule has 0 radical (unpaired) electrons. The zero-order chi connectivity index (χ0) is 16.9. The number of piperidine rings is 1. The van der Waals surface area contributed by atoms with Crippen LogP contribution in [0.4, 0.5) is 10.8 Å². The standard InChI is InChI=1S/C18H24N4OS/c1-14(23)19-18-20-15(13-24-18)11-21(2)17-9-6-10-22(12-17)16-7-4-3-5-8-16/h3-5,7-8,13,17H,6,9-12H2,1-2H3,(H,19,20,23)/t17-/m0/s1. The third-order valence-electron chi connectivity index (χ3n) is 4.39. The van der Waals surface area contributed by atoms with E-state index in [9.17, 15) is 4.79 Å². The van der Waals surface area contributed by atoms with Crippen LogP contribution in [0.15, 0.2) is 35.7 Å². The molecular weight excluding hydrogens is 320 g/mol. The number of nitrogens with zero attached hydrogens (tertiary/aromatic N) is 3. The molecule has 1 saturated heterocycles. The first-order chi connectivity index (χ1) is 11.6. The van der Waals surface area contributed by atoms with Gasteiger partial charge in [0.25, 0.3) is 0 Å². The summed E-state index contributed by atoms with van der Waals surface area (Å²) in [6, 6.07) is 11.1. The Kier molecular flexibility index (Phi) is 5.48. The molecule has 1 aromatic carbocycles. The molecule has 128 valence electrons. The quantitative estimate of drug-likeness (QED) is 0.905. The Balaban J connectivity index is 1.59. The van der Waals surface area contributed by atoms with Gasteiger partial charge in [0.15, 0.2) is 5.13 Å². The van der Waals surface area contributed by atoms with Gasteiger partial charge in [-0.3, -0.25) is 9.69 Å². The summed E-state index contributed by atoms with van der Waals surface area (Å²) in [5.74, 6) is -0.0740. The molecule has 6 heteroatoms. The second kappa shape index (κ2) is 7.77. The van der Waals surface area contributed by atoms with Crippen LogP contribution in [-0.2, 0) is 11.3 Å². The molecule has 0 bridgehead atoms. The fourth-order valence-electron chi connectivity index (χ4n) is 3.16. The Hall–Kier alpha value is -1.92. The fraction of sp³-hybridized carbons (Fsp3) is 0.444. The average Bonchev–Trinajstić information content (AvgIpc) is 3.02. The van der Waals surface area contributed by atoms with Crippen molar-refractivity contribution in [2.45, 2.75) is 32.4 Å². The number of thiazole rings is 1. The summed E-state index contributed by atoms with van der Waals surface area (Å²) in [6.45, 7) is 4.48. The normalized spacial score (nSPS) is 18.0. The Bertz CT molecular complexity index is 673. The molecular formula is C18H24N4OS. The molecule has 0 aliphatic carbocycles. The number of hydrogen-bond donors (Lipinski definition) is 1. The van der Waals surface area contributed by atoms with Crippen LogP contribution >= 0.6 is 11.3 Å². The van der Waals surface area contributed by atoms with Crippen LogP contribution in [0.1, 0.15) is 25.5 Å². The van der Waals surface area contributed by atoms with E-state index in [1.165, 1.54) is 36.8 Å². The van der Waals surface area contributed by atoms with Gasteiger partial charge in [-0.1, -0.05) is 18.2 Å². The first kappa shape index (κ1) is 16.9. The van der Waals surface area contributed by atoms with Crippen LogP contribution < -0.4 is 10.2 Å². The topological polar surface area (TPSA) is 48.5 Å². The van der Waals surface area contributed by atoms with E-state index in [0.717, 1.165) is 25.3 Å². The van der Waals surface area contributed by atoms with Crippen LogP contribution in [0.5, 0.6) is 0 Å². The molecule has 2 heterocycles. The molecule has 0 unspecified atom stereocenters. The maximum Gasteiger partial charge on any atom is 0.223 e. The SMILES string of the molecule is CC(=O)Nc1nc(CN(C)[C@H]2CCCN(c3ccccc3)C2)cs1. The lowest BCUT2D eigenvalue weighted by molar-refractivity contribution is -0.114. The van der Waals surface area contributed by atoms with E-state index in [-0.39, 0.29) is 5.91 Å². The van der Waals surface area contributed by atoms with Crippen molar-refractivity contribution in [3.8, 4) is 0 Å². The van der Waals surface area contributed by atoms with Crippen LogP contribution in [0.3, 0.4) is 0 Å². The number of aromatic nitrogens is 1.